The normalized spacial score (nSPS) is 24.5. The zero-order chi connectivity index (χ0) is 10.2. The van der Waals surface area contributed by atoms with Crippen molar-refractivity contribution in [3.63, 3.8) is 0 Å². The van der Waals surface area contributed by atoms with Gasteiger partial charge in [0.15, 0.2) is 0 Å². The van der Waals surface area contributed by atoms with Gasteiger partial charge < -0.3 is 5.32 Å². The van der Waals surface area contributed by atoms with E-state index in [1.54, 1.807) is 0 Å². The molecule has 1 rings (SSSR count). The molecular formula is C11H21NS2. The van der Waals surface area contributed by atoms with E-state index in [1.807, 2.05) is 6.08 Å². The molecule has 82 valence electrons. The zero-order valence-electron chi connectivity index (χ0n) is 9.00. The van der Waals surface area contributed by atoms with Crippen LogP contribution in [0.15, 0.2) is 12.7 Å². The Balaban J connectivity index is 2.33. The van der Waals surface area contributed by atoms with Crippen LogP contribution in [-0.2, 0) is 0 Å². The summed E-state index contributed by atoms with van der Waals surface area (Å²) in [5.74, 6) is 3.98. The summed E-state index contributed by atoms with van der Waals surface area (Å²) in [7, 11) is 0. The van der Waals surface area contributed by atoms with E-state index in [1.165, 1.54) is 23.7 Å². The van der Waals surface area contributed by atoms with Crippen LogP contribution in [0.4, 0.5) is 0 Å². The predicted molar refractivity (Wildman–Crippen MR) is 70.5 cm³/mol. The van der Waals surface area contributed by atoms with Gasteiger partial charge in [0.25, 0.3) is 0 Å². The minimum atomic E-state index is 0.691. The topological polar surface area (TPSA) is 12.0 Å². The maximum absolute atomic E-state index is 3.80. The highest BCUT2D eigenvalue weighted by atomic mass is 32.2. The van der Waals surface area contributed by atoms with Crippen LogP contribution in [0.3, 0.4) is 0 Å². The maximum atomic E-state index is 3.80. The summed E-state index contributed by atoms with van der Waals surface area (Å²) in [4.78, 5) is 0. The first-order valence-electron chi connectivity index (χ1n) is 5.42. The first kappa shape index (κ1) is 12.5. The molecule has 1 heterocycles. The molecule has 1 aliphatic rings. The fraction of sp³-hybridized carbons (Fsp3) is 0.818. The molecule has 0 amide bonds. The van der Waals surface area contributed by atoms with E-state index in [0.717, 1.165) is 18.2 Å². The highest BCUT2D eigenvalue weighted by Crippen LogP contribution is 2.28. The Labute approximate surface area is 96.5 Å². The van der Waals surface area contributed by atoms with Crippen LogP contribution in [0.25, 0.3) is 0 Å². The molecular weight excluding hydrogens is 210 g/mol. The molecule has 0 radical (unpaired) electrons. The van der Waals surface area contributed by atoms with Gasteiger partial charge in [-0.1, -0.05) is 13.0 Å². The minimum absolute atomic E-state index is 0.691. The number of thioether (sulfide) groups is 2. The number of allylic oxidation sites excluding steroid dienone is 1. The van der Waals surface area contributed by atoms with Crippen LogP contribution in [-0.4, -0.2) is 35.1 Å². The molecule has 0 spiro atoms. The van der Waals surface area contributed by atoms with E-state index >= 15 is 0 Å². The average molecular weight is 231 g/mol. The number of nitrogens with one attached hydrogen (secondary N) is 1. The number of rotatable bonds is 6. The smallest absolute Gasteiger partial charge is 0.0292 e. The van der Waals surface area contributed by atoms with E-state index in [-0.39, 0.29) is 0 Å². The summed E-state index contributed by atoms with van der Waals surface area (Å²) in [5, 5.41) is 4.42. The monoisotopic (exact) mass is 231 g/mol. The molecule has 14 heavy (non-hydrogen) atoms. The highest BCUT2D eigenvalue weighted by Gasteiger charge is 2.22. The van der Waals surface area contributed by atoms with Gasteiger partial charge in [-0.05, 0) is 19.4 Å². The van der Waals surface area contributed by atoms with Crippen molar-refractivity contribution in [3.05, 3.63) is 12.7 Å². The Morgan fingerprint density at radius 2 is 2.43 bits per heavy atom. The maximum Gasteiger partial charge on any atom is 0.0292 e. The third-order valence-corrected chi connectivity index (χ3v) is 5.36. The Morgan fingerprint density at radius 1 is 1.57 bits per heavy atom. The Bertz CT molecular complexity index is 155. The van der Waals surface area contributed by atoms with E-state index in [0.29, 0.717) is 6.04 Å². The summed E-state index contributed by atoms with van der Waals surface area (Å²) in [6, 6.07) is 0.691. The SMILES string of the molecule is C=CCCC(NCC)C1CSCCS1. The van der Waals surface area contributed by atoms with Crippen molar-refractivity contribution in [1.82, 2.24) is 5.32 Å². The van der Waals surface area contributed by atoms with E-state index < -0.39 is 0 Å². The third kappa shape index (κ3) is 4.28. The number of hydrogen-bond acceptors (Lipinski definition) is 3. The molecule has 1 nitrogen and oxygen atoms in total. The quantitative estimate of drug-likeness (QED) is 0.706. The van der Waals surface area contributed by atoms with Gasteiger partial charge in [-0.3, -0.25) is 0 Å². The van der Waals surface area contributed by atoms with Gasteiger partial charge in [-0.15, -0.1) is 6.58 Å². The van der Waals surface area contributed by atoms with E-state index in [2.05, 4.69) is 42.3 Å². The Hall–Kier alpha value is 0.400. The van der Waals surface area contributed by atoms with E-state index in [4.69, 9.17) is 0 Å². The molecule has 0 aromatic rings. The van der Waals surface area contributed by atoms with Gasteiger partial charge in [-0.25, -0.2) is 0 Å². The molecule has 3 heteroatoms. The molecule has 1 N–H and O–H groups in total. The summed E-state index contributed by atoms with van der Waals surface area (Å²) in [5.41, 5.74) is 0. The molecule has 1 saturated heterocycles. The van der Waals surface area contributed by atoms with Crippen molar-refractivity contribution in [2.24, 2.45) is 0 Å². The lowest BCUT2D eigenvalue weighted by Gasteiger charge is -2.29. The Kier molecular flexibility index (Phi) is 6.82. The summed E-state index contributed by atoms with van der Waals surface area (Å²) < 4.78 is 0. The molecule has 0 aromatic heterocycles. The van der Waals surface area contributed by atoms with Gasteiger partial charge in [0, 0.05) is 28.6 Å². The second-order valence-corrected chi connectivity index (χ2v) is 6.01. The molecule has 0 aromatic carbocycles. The van der Waals surface area contributed by atoms with Crippen LogP contribution in [0.2, 0.25) is 0 Å². The lowest BCUT2D eigenvalue weighted by molar-refractivity contribution is 0.496. The van der Waals surface area contributed by atoms with Crippen molar-refractivity contribution in [1.29, 1.82) is 0 Å². The van der Waals surface area contributed by atoms with Crippen molar-refractivity contribution < 1.29 is 0 Å². The largest absolute Gasteiger partial charge is 0.313 e. The first-order chi connectivity index (χ1) is 6.88. The van der Waals surface area contributed by atoms with Gasteiger partial charge in [0.05, 0.1) is 0 Å². The van der Waals surface area contributed by atoms with Gasteiger partial charge in [0.1, 0.15) is 0 Å². The van der Waals surface area contributed by atoms with Gasteiger partial charge >= 0.3 is 0 Å². The first-order valence-corrected chi connectivity index (χ1v) is 7.62. The van der Waals surface area contributed by atoms with Crippen molar-refractivity contribution in [2.45, 2.75) is 31.1 Å². The molecule has 0 bridgehead atoms. The average Bonchev–Trinajstić information content (AvgIpc) is 2.25. The lowest BCUT2D eigenvalue weighted by Crippen LogP contribution is -2.40. The summed E-state index contributed by atoms with van der Waals surface area (Å²) >= 11 is 4.25. The fourth-order valence-corrected chi connectivity index (χ4v) is 4.65. The van der Waals surface area contributed by atoms with Gasteiger partial charge in [0.2, 0.25) is 0 Å². The van der Waals surface area contributed by atoms with Crippen LogP contribution in [0, 0.1) is 0 Å². The van der Waals surface area contributed by atoms with Crippen LogP contribution < -0.4 is 5.32 Å². The van der Waals surface area contributed by atoms with E-state index in [9.17, 15) is 0 Å². The Morgan fingerprint density at radius 3 is 3.00 bits per heavy atom. The van der Waals surface area contributed by atoms with Crippen molar-refractivity contribution in [3.8, 4) is 0 Å². The van der Waals surface area contributed by atoms with Crippen molar-refractivity contribution in [2.75, 3.05) is 23.8 Å². The predicted octanol–water partition coefficient (Wildman–Crippen LogP) is 2.78. The zero-order valence-corrected chi connectivity index (χ0v) is 10.6. The molecule has 0 saturated carbocycles. The summed E-state index contributed by atoms with van der Waals surface area (Å²) in [6.07, 6.45) is 4.42. The second kappa shape index (κ2) is 7.66. The molecule has 2 atom stereocenters. The standard InChI is InChI=1S/C11H21NS2/c1-3-5-6-10(12-4-2)11-9-13-7-8-14-11/h3,10-12H,1,4-9H2,2H3. The lowest BCUT2D eigenvalue weighted by atomic mass is 10.1. The van der Waals surface area contributed by atoms with Gasteiger partial charge in [-0.2, -0.15) is 23.5 Å². The van der Waals surface area contributed by atoms with Crippen LogP contribution >= 0.6 is 23.5 Å². The molecule has 0 aliphatic carbocycles. The molecule has 1 fully saturated rings. The molecule has 2 unspecified atom stereocenters. The number of hydrogen-bond donors (Lipinski definition) is 1. The fourth-order valence-electron chi connectivity index (χ4n) is 1.72. The second-order valence-electron chi connectivity index (χ2n) is 3.51. The third-order valence-electron chi connectivity index (χ3n) is 2.44. The minimum Gasteiger partial charge on any atom is -0.313 e. The van der Waals surface area contributed by atoms with Crippen molar-refractivity contribution >= 4 is 23.5 Å². The summed E-state index contributed by atoms with van der Waals surface area (Å²) in [6.45, 7) is 7.08. The van der Waals surface area contributed by atoms with Crippen LogP contribution in [0.1, 0.15) is 19.8 Å². The highest BCUT2D eigenvalue weighted by molar-refractivity contribution is 8.06. The molecule has 1 aliphatic heterocycles. The van der Waals surface area contributed by atoms with Crippen LogP contribution in [0.5, 0.6) is 0 Å².